The number of aromatic nitrogens is 5. The van der Waals surface area contributed by atoms with Crippen LogP contribution < -0.4 is 21.8 Å². The van der Waals surface area contributed by atoms with Crippen molar-refractivity contribution in [1.82, 2.24) is 34.7 Å². The Morgan fingerprint density at radius 3 is 1.58 bits per heavy atom. The van der Waals surface area contributed by atoms with Gasteiger partial charge in [0.2, 0.25) is 11.8 Å². The van der Waals surface area contributed by atoms with Gasteiger partial charge >= 0.3 is 11.9 Å². The van der Waals surface area contributed by atoms with Gasteiger partial charge in [-0.15, -0.1) is 0 Å². The number of rotatable bonds is 20. The third kappa shape index (κ3) is 12.7. The van der Waals surface area contributed by atoms with E-state index in [1.165, 1.54) is 27.5 Å². The van der Waals surface area contributed by atoms with Crippen LogP contribution in [0.2, 0.25) is 0 Å². The number of carboxylic acids is 2. The van der Waals surface area contributed by atoms with Crippen molar-refractivity contribution in [1.29, 1.82) is 0 Å². The van der Waals surface area contributed by atoms with Gasteiger partial charge in [0.25, 0.3) is 11.1 Å². The van der Waals surface area contributed by atoms with Crippen molar-refractivity contribution in [2.24, 2.45) is 11.8 Å². The summed E-state index contributed by atoms with van der Waals surface area (Å²) in [5.74, 6) is -3.13. The van der Waals surface area contributed by atoms with Crippen LogP contribution >= 0.6 is 0 Å². The van der Waals surface area contributed by atoms with Gasteiger partial charge in [-0.25, -0.2) is 0 Å². The van der Waals surface area contributed by atoms with E-state index in [1.54, 1.807) is 61.6 Å². The van der Waals surface area contributed by atoms with Crippen LogP contribution in [-0.4, -0.2) is 58.1 Å². The van der Waals surface area contributed by atoms with E-state index in [0.717, 1.165) is 44.5 Å². The number of pyridine rings is 5. The number of benzene rings is 1. The van der Waals surface area contributed by atoms with Crippen LogP contribution in [0, 0.1) is 39.5 Å². The topological polar surface area (TPSA) is 215 Å². The van der Waals surface area contributed by atoms with Crippen molar-refractivity contribution < 1.29 is 29.4 Å². The summed E-state index contributed by atoms with van der Waals surface area (Å²) in [6.45, 7) is 15.6. The molecule has 0 saturated heterocycles. The van der Waals surface area contributed by atoms with E-state index in [9.17, 15) is 39.0 Å². The number of amides is 2. The summed E-state index contributed by atoms with van der Waals surface area (Å²) in [4.78, 5) is 92.4. The van der Waals surface area contributed by atoms with E-state index >= 15 is 0 Å². The number of carbonyl (C=O) groups is 4. The van der Waals surface area contributed by atoms with Crippen molar-refractivity contribution >= 4 is 23.8 Å². The molecule has 15 heteroatoms. The average Bonchev–Trinajstić information content (AvgIpc) is 3.28. The first kappa shape index (κ1) is 50.9. The molecule has 0 unspecified atom stereocenters. The summed E-state index contributed by atoms with van der Waals surface area (Å²) in [6.07, 6.45) is 13.4. The number of nitrogens with one attached hydrogen (secondary N) is 2. The summed E-state index contributed by atoms with van der Waals surface area (Å²) in [5.41, 5.74) is 8.83. The molecule has 0 aliphatic heterocycles. The van der Waals surface area contributed by atoms with Gasteiger partial charge in [0.05, 0.1) is 24.9 Å². The molecular weight excluding hydrogens is 875 g/mol. The van der Waals surface area contributed by atoms with Gasteiger partial charge in [-0.3, -0.25) is 43.7 Å². The third-order valence-corrected chi connectivity index (χ3v) is 12.3. The predicted octanol–water partition coefficient (Wildman–Crippen LogP) is 8.19. The van der Waals surface area contributed by atoms with Gasteiger partial charge in [-0.1, -0.05) is 45.9 Å². The van der Waals surface area contributed by atoms with Crippen LogP contribution in [0.1, 0.15) is 122 Å². The van der Waals surface area contributed by atoms with E-state index < -0.39 is 66.3 Å². The SMILES string of the molecule is Cc1cncc(C)c1-c1cncc([C@H](CC(=O)O)NC(=O)[C@@H](CC(C)C)n2ccc(Cc3ccc(C)c(-c4cncc([C@@H](CC(=O)O)NC(=O)[C@H](CC(C)C)n5ccccc5=O)c4)c3C)cc2=O)c1. The van der Waals surface area contributed by atoms with E-state index in [-0.39, 0.29) is 17.4 Å². The fourth-order valence-corrected chi connectivity index (χ4v) is 9.04. The molecule has 4 N–H and O–H groups in total. The van der Waals surface area contributed by atoms with Crippen molar-refractivity contribution in [2.75, 3.05) is 0 Å². The number of hydrogen-bond acceptors (Lipinski definition) is 9. The summed E-state index contributed by atoms with van der Waals surface area (Å²) >= 11 is 0. The minimum absolute atomic E-state index is 0.00675. The van der Waals surface area contributed by atoms with Gasteiger partial charge in [0.15, 0.2) is 0 Å². The Balaban J connectivity index is 1.26. The molecule has 69 heavy (non-hydrogen) atoms. The molecule has 0 aliphatic rings. The minimum atomic E-state index is -1.12. The molecule has 6 rings (SSSR count). The van der Waals surface area contributed by atoms with Gasteiger partial charge in [0.1, 0.15) is 12.1 Å². The van der Waals surface area contributed by atoms with Crippen LogP contribution in [0.3, 0.4) is 0 Å². The molecule has 5 heterocycles. The molecule has 0 aliphatic carbocycles. The molecule has 0 saturated carbocycles. The molecule has 0 fully saturated rings. The lowest BCUT2D eigenvalue weighted by Crippen LogP contribution is -2.40. The smallest absolute Gasteiger partial charge is 0.305 e. The number of carboxylic acid groups (broad SMARTS) is 2. The first-order chi connectivity index (χ1) is 32.8. The summed E-state index contributed by atoms with van der Waals surface area (Å²) in [7, 11) is 0. The highest BCUT2D eigenvalue weighted by Crippen LogP contribution is 2.33. The molecular formula is C54H61N7O8. The lowest BCUT2D eigenvalue weighted by atomic mass is 9.89. The molecule has 360 valence electrons. The molecule has 5 aromatic heterocycles. The van der Waals surface area contributed by atoms with Crippen LogP contribution in [0.5, 0.6) is 0 Å². The number of hydrogen-bond donors (Lipinski definition) is 4. The summed E-state index contributed by atoms with van der Waals surface area (Å²) in [5, 5.41) is 25.7. The van der Waals surface area contributed by atoms with Gasteiger partial charge < -0.3 is 30.0 Å². The van der Waals surface area contributed by atoms with Crippen molar-refractivity contribution in [3.05, 3.63) is 169 Å². The summed E-state index contributed by atoms with van der Waals surface area (Å²) in [6, 6.07) is 11.9. The minimum Gasteiger partial charge on any atom is -0.481 e. The van der Waals surface area contributed by atoms with Gasteiger partial charge in [-0.05, 0) is 139 Å². The van der Waals surface area contributed by atoms with E-state index in [4.69, 9.17) is 0 Å². The Morgan fingerprint density at radius 1 is 0.580 bits per heavy atom. The average molecular weight is 936 g/mol. The Labute approximate surface area is 401 Å². The fourth-order valence-electron chi connectivity index (χ4n) is 9.04. The number of aryl methyl sites for hydroxylation is 3. The Morgan fingerprint density at radius 2 is 1.09 bits per heavy atom. The van der Waals surface area contributed by atoms with Crippen molar-refractivity contribution in [3.63, 3.8) is 0 Å². The van der Waals surface area contributed by atoms with E-state index in [1.807, 2.05) is 79.7 Å². The fraction of sp³-hybridized carbons (Fsp3) is 0.352. The second-order valence-electron chi connectivity index (χ2n) is 18.7. The van der Waals surface area contributed by atoms with E-state index in [0.29, 0.717) is 41.5 Å². The highest BCUT2D eigenvalue weighted by molar-refractivity contribution is 5.83. The Kier molecular flexibility index (Phi) is 16.6. The third-order valence-electron chi connectivity index (χ3n) is 12.3. The van der Waals surface area contributed by atoms with Crippen molar-refractivity contribution in [2.45, 2.75) is 112 Å². The zero-order chi connectivity index (χ0) is 50.1. The maximum atomic E-state index is 14.2. The van der Waals surface area contributed by atoms with Crippen LogP contribution in [0.4, 0.5) is 0 Å². The maximum absolute atomic E-state index is 14.2. The molecule has 0 bridgehead atoms. The second-order valence-corrected chi connectivity index (χ2v) is 18.7. The van der Waals surface area contributed by atoms with Crippen molar-refractivity contribution in [3.8, 4) is 22.3 Å². The number of nitrogens with zero attached hydrogens (tertiary/aromatic N) is 5. The summed E-state index contributed by atoms with van der Waals surface area (Å²) < 4.78 is 2.77. The van der Waals surface area contributed by atoms with Gasteiger partial charge in [-0.2, -0.15) is 0 Å². The normalized spacial score (nSPS) is 13.1. The predicted molar refractivity (Wildman–Crippen MR) is 264 cm³/mol. The molecule has 4 atom stereocenters. The lowest BCUT2D eigenvalue weighted by molar-refractivity contribution is -0.139. The highest BCUT2D eigenvalue weighted by Gasteiger charge is 2.29. The largest absolute Gasteiger partial charge is 0.481 e. The first-order valence-electron chi connectivity index (χ1n) is 23.1. The molecule has 1 aromatic carbocycles. The zero-order valence-electron chi connectivity index (χ0n) is 40.4. The van der Waals surface area contributed by atoms with Gasteiger partial charge in [0, 0.05) is 72.8 Å². The molecule has 6 aromatic rings. The number of carbonyl (C=O) groups excluding carboxylic acids is 2. The Bertz CT molecular complexity index is 2960. The van der Waals surface area contributed by atoms with Crippen LogP contribution in [-0.2, 0) is 25.6 Å². The molecule has 0 radical (unpaired) electrons. The number of aliphatic carboxylic acids is 2. The van der Waals surface area contributed by atoms with Crippen LogP contribution in [0.25, 0.3) is 22.3 Å². The maximum Gasteiger partial charge on any atom is 0.305 e. The quantitative estimate of drug-likeness (QED) is 0.0572. The highest BCUT2D eigenvalue weighted by atomic mass is 16.4. The molecule has 2 amide bonds. The monoisotopic (exact) mass is 935 g/mol. The Hall–Kier alpha value is -7.55. The standard InChI is InChI=1S/C54H61N7O8/c1-31(2)17-45(60-15-10-9-11-47(60)62)53(68)58-44(24-50(66)67)40-22-42(30-57-28-40)52-33(5)12-13-38(36(52)8)19-37-14-16-61(48(63)20-37)46(18-32(3)4)54(69)59-43(23-49(64)65)39-21-41(29-56-27-39)51-34(6)25-55-26-35(51)7/h9-16,20-22,25-32,43-46H,17-19,23-24H2,1-8H3,(H,58,68)(H,59,69)(H,64,65)(H,66,67)/t43-,44+,45-,46+/m0/s1. The van der Waals surface area contributed by atoms with Crippen LogP contribution in [0.15, 0.2) is 114 Å². The molecule has 15 nitrogen and oxygen atoms in total. The lowest BCUT2D eigenvalue weighted by Gasteiger charge is -2.25. The zero-order valence-corrected chi connectivity index (χ0v) is 40.4. The second kappa shape index (κ2) is 22.5. The first-order valence-corrected chi connectivity index (χ1v) is 23.1. The van der Waals surface area contributed by atoms with E-state index in [2.05, 4.69) is 25.6 Å². The molecule has 0 spiro atoms.